The monoisotopic (exact) mass is 296 g/mol. The fraction of sp³-hybridized carbons (Fsp3) is 0.333. The Balaban J connectivity index is 2.29. The van der Waals surface area contributed by atoms with E-state index in [1.54, 1.807) is 4.90 Å². The summed E-state index contributed by atoms with van der Waals surface area (Å²) < 4.78 is 0.969. The average molecular weight is 297 g/mol. The minimum Gasteiger partial charge on any atom is -0.369 e. The van der Waals surface area contributed by atoms with Gasteiger partial charge in [0, 0.05) is 23.1 Å². The third kappa shape index (κ3) is 2.34. The van der Waals surface area contributed by atoms with Gasteiger partial charge in [0.05, 0.1) is 5.92 Å². The Bertz CT molecular complexity index is 487. The number of aryl methyl sites for hydroxylation is 1. The zero-order chi connectivity index (χ0) is 12.6. The molecule has 0 aliphatic carbocycles. The second kappa shape index (κ2) is 4.49. The van der Waals surface area contributed by atoms with Crippen molar-refractivity contribution in [2.45, 2.75) is 13.3 Å². The number of carbonyl (C=O) groups is 2. The summed E-state index contributed by atoms with van der Waals surface area (Å²) in [6, 6.07) is 5.70. The molecule has 1 saturated heterocycles. The highest BCUT2D eigenvalue weighted by Crippen LogP contribution is 2.29. The molecule has 17 heavy (non-hydrogen) atoms. The molecule has 0 bridgehead atoms. The van der Waals surface area contributed by atoms with E-state index in [2.05, 4.69) is 15.9 Å². The first-order chi connectivity index (χ1) is 7.99. The molecule has 2 amide bonds. The first-order valence-electron chi connectivity index (χ1n) is 5.35. The van der Waals surface area contributed by atoms with Gasteiger partial charge in [-0.1, -0.05) is 15.9 Å². The number of nitrogens with zero attached hydrogens (tertiary/aromatic N) is 1. The number of carbonyl (C=O) groups excluding carboxylic acids is 2. The van der Waals surface area contributed by atoms with Crippen LogP contribution in [0.2, 0.25) is 0 Å². The van der Waals surface area contributed by atoms with Gasteiger partial charge in [-0.2, -0.15) is 0 Å². The summed E-state index contributed by atoms with van der Waals surface area (Å²) >= 11 is 3.38. The lowest BCUT2D eigenvalue weighted by molar-refractivity contribution is -0.123. The van der Waals surface area contributed by atoms with Crippen LogP contribution in [-0.4, -0.2) is 18.4 Å². The van der Waals surface area contributed by atoms with Gasteiger partial charge in [0.15, 0.2) is 0 Å². The van der Waals surface area contributed by atoms with E-state index in [1.165, 1.54) is 0 Å². The number of halogens is 1. The lowest BCUT2D eigenvalue weighted by atomic mass is 10.1. The molecule has 1 aromatic rings. The predicted molar refractivity (Wildman–Crippen MR) is 68.5 cm³/mol. The van der Waals surface area contributed by atoms with E-state index in [1.807, 2.05) is 25.1 Å². The van der Waals surface area contributed by atoms with E-state index in [0.29, 0.717) is 6.54 Å². The molecule has 90 valence electrons. The standard InChI is InChI=1S/C12H13BrN2O2/c1-7-4-9(13)2-3-10(7)15-6-8(12(14)17)5-11(15)16/h2-4,8H,5-6H2,1H3,(H2,14,17)/t8-/m0/s1. The number of amides is 2. The second-order valence-electron chi connectivity index (χ2n) is 4.24. The van der Waals surface area contributed by atoms with Gasteiger partial charge in [0.1, 0.15) is 0 Å². The first kappa shape index (κ1) is 12.1. The number of anilines is 1. The van der Waals surface area contributed by atoms with Crippen molar-refractivity contribution in [3.63, 3.8) is 0 Å². The number of primary amides is 1. The number of benzene rings is 1. The van der Waals surface area contributed by atoms with E-state index < -0.39 is 5.91 Å². The molecular weight excluding hydrogens is 284 g/mol. The smallest absolute Gasteiger partial charge is 0.227 e. The van der Waals surface area contributed by atoms with Gasteiger partial charge in [0.25, 0.3) is 0 Å². The van der Waals surface area contributed by atoms with Crippen LogP contribution in [0, 0.1) is 12.8 Å². The molecule has 0 radical (unpaired) electrons. The number of rotatable bonds is 2. The van der Waals surface area contributed by atoms with E-state index in [-0.39, 0.29) is 18.2 Å². The van der Waals surface area contributed by atoms with Gasteiger partial charge in [-0.05, 0) is 30.7 Å². The van der Waals surface area contributed by atoms with Gasteiger partial charge in [0.2, 0.25) is 11.8 Å². The van der Waals surface area contributed by atoms with Gasteiger partial charge in [-0.25, -0.2) is 0 Å². The maximum atomic E-state index is 11.8. The van der Waals surface area contributed by atoms with Crippen LogP contribution in [0.5, 0.6) is 0 Å². The summed E-state index contributed by atoms with van der Waals surface area (Å²) in [5.74, 6) is -0.819. The summed E-state index contributed by atoms with van der Waals surface area (Å²) in [5, 5.41) is 0. The molecule has 0 aromatic heterocycles. The molecule has 1 aliphatic heterocycles. The van der Waals surface area contributed by atoms with Crippen molar-refractivity contribution in [3.8, 4) is 0 Å². The van der Waals surface area contributed by atoms with Crippen molar-refractivity contribution < 1.29 is 9.59 Å². The molecule has 5 heteroatoms. The SMILES string of the molecule is Cc1cc(Br)ccc1N1C[C@@H](C(N)=O)CC1=O. The average Bonchev–Trinajstić information content (AvgIpc) is 2.61. The van der Waals surface area contributed by atoms with Gasteiger partial charge in [-0.15, -0.1) is 0 Å². The quantitative estimate of drug-likeness (QED) is 0.901. The fourth-order valence-electron chi connectivity index (χ4n) is 2.05. The minimum absolute atomic E-state index is 0.0424. The van der Waals surface area contributed by atoms with E-state index in [0.717, 1.165) is 15.7 Å². The van der Waals surface area contributed by atoms with E-state index >= 15 is 0 Å². The van der Waals surface area contributed by atoms with Crippen LogP contribution in [0.15, 0.2) is 22.7 Å². The summed E-state index contributed by atoms with van der Waals surface area (Å²) in [6.07, 6.45) is 0.213. The van der Waals surface area contributed by atoms with Gasteiger partial charge in [-0.3, -0.25) is 9.59 Å². The molecule has 2 rings (SSSR count). The molecule has 4 nitrogen and oxygen atoms in total. The van der Waals surface area contributed by atoms with Crippen molar-refractivity contribution in [2.75, 3.05) is 11.4 Å². The Morgan fingerprint density at radius 1 is 1.53 bits per heavy atom. The Labute approximate surface area is 108 Å². The zero-order valence-electron chi connectivity index (χ0n) is 9.44. The summed E-state index contributed by atoms with van der Waals surface area (Å²) in [6.45, 7) is 2.32. The topological polar surface area (TPSA) is 63.4 Å². The molecular formula is C12H13BrN2O2. The first-order valence-corrected chi connectivity index (χ1v) is 6.14. The largest absolute Gasteiger partial charge is 0.369 e. The predicted octanol–water partition coefficient (Wildman–Crippen LogP) is 1.60. The normalized spacial score (nSPS) is 19.8. The lowest BCUT2D eigenvalue weighted by Gasteiger charge is -2.18. The van der Waals surface area contributed by atoms with Crippen LogP contribution in [0.25, 0.3) is 0 Å². The molecule has 2 N–H and O–H groups in total. The Kier molecular flexibility index (Phi) is 3.19. The molecule has 1 aromatic carbocycles. The van der Waals surface area contributed by atoms with Crippen LogP contribution in [0.1, 0.15) is 12.0 Å². The maximum absolute atomic E-state index is 11.8. The number of hydrogen-bond donors (Lipinski definition) is 1. The second-order valence-corrected chi connectivity index (χ2v) is 5.15. The molecule has 1 fully saturated rings. The van der Waals surface area contributed by atoms with Crippen molar-refractivity contribution in [2.24, 2.45) is 11.7 Å². The van der Waals surface area contributed by atoms with Crippen molar-refractivity contribution in [1.82, 2.24) is 0 Å². The van der Waals surface area contributed by atoms with Crippen LogP contribution in [0.3, 0.4) is 0 Å². The molecule has 1 atom stereocenters. The highest BCUT2D eigenvalue weighted by Gasteiger charge is 2.34. The molecule has 1 aliphatic rings. The van der Waals surface area contributed by atoms with E-state index in [9.17, 15) is 9.59 Å². The fourth-order valence-corrected chi connectivity index (χ4v) is 2.53. The third-order valence-electron chi connectivity index (χ3n) is 2.98. The van der Waals surface area contributed by atoms with Gasteiger partial charge < -0.3 is 10.6 Å². The van der Waals surface area contributed by atoms with Crippen LogP contribution < -0.4 is 10.6 Å². The number of nitrogens with two attached hydrogens (primary N) is 1. The summed E-state index contributed by atoms with van der Waals surface area (Å²) in [5.41, 5.74) is 7.08. The third-order valence-corrected chi connectivity index (χ3v) is 3.47. The highest BCUT2D eigenvalue weighted by atomic mass is 79.9. The molecule has 0 spiro atoms. The molecule has 0 saturated carbocycles. The highest BCUT2D eigenvalue weighted by molar-refractivity contribution is 9.10. The summed E-state index contributed by atoms with van der Waals surface area (Å²) in [4.78, 5) is 24.6. The Morgan fingerprint density at radius 2 is 2.24 bits per heavy atom. The van der Waals surface area contributed by atoms with Crippen molar-refractivity contribution >= 4 is 33.4 Å². The minimum atomic E-state index is -0.407. The van der Waals surface area contributed by atoms with Crippen LogP contribution in [0.4, 0.5) is 5.69 Å². The maximum Gasteiger partial charge on any atom is 0.227 e. The molecule has 1 heterocycles. The molecule has 0 unspecified atom stereocenters. The van der Waals surface area contributed by atoms with Crippen LogP contribution in [-0.2, 0) is 9.59 Å². The van der Waals surface area contributed by atoms with Crippen LogP contribution >= 0.6 is 15.9 Å². The Hall–Kier alpha value is -1.36. The van der Waals surface area contributed by atoms with Gasteiger partial charge >= 0.3 is 0 Å². The summed E-state index contributed by atoms with van der Waals surface area (Å²) in [7, 11) is 0. The van der Waals surface area contributed by atoms with Crippen molar-refractivity contribution in [1.29, 1.82) is 0 Å². The van der Waals surface area contributed by atoms with Crippen molar-refractivity contribution in [3.05, 3.63) is 28.2 Å². The lowest BCUT2D eigenvalue weighted by Crippen LogP contribution is -2.28. The van der Waals surface area contributed by atoms with E-state index in [4.69, 9.17) is 5.73 Å². The number of hydrogen-bond acceptors (Lipinski definition) is 2. The Morgan fingerprint density at radius 3 is 2.76 bits per heavy atom. The zero-order valence-corrected chi connectivity index (χ0v) is 11.0.